The third-order valence-corrected chi connectivity index (χ3v) is 8.09. The van der Waals surface area contributed by atoms with Crippen LogP contribution in [0.5, 0.6) is 5.75 Å². The maximum Gasteiger partial charge on any atom is 0.355 e. The van der Waals surface area contributed by atoms with E-state index in [0.29, 0.717) is 53.0 Å². The topological polar surface area (TPSA) is 80.6 Å². The number of fused-ring (bicyclic) bond motifs is 1. The van der Waals surface area contributed by atoms with Crippen LogP contribution in [0.1, 0.15) is 32.3 Å². The summed E-state index contributed by atoms with van der Waals surface area (Å²) in [4.78, 5) is 38.7. The van der Waals surface area contributed by atoms with Crippen molar-refractivity contribution in [1.29, 1.82) is 0 Å². The van der Waals surface area contributed by atoms with Gasteiger partial charge in [-0.05, 0) is 48.7 Å². The number of para-hydroxylation sites is 1. The average molecular weight is 611 g/mol. The van der Waals surface area contributed by atoms with Crippen molar-refractivity contribution in [3.63, 3.8) is 0 Å². The number of carbonyl (C=O) groups excluding carboxylic acids is 1. The Morgan fingerprint density at radius 1 is 1.13 bits per heavy atom. The largest absolute Gasteiger partial charge is 0.497 e. The lowest BCUT2D eigenvalue weighted by Gasteiger charge is -2.39. The van der Waals surface area contributed by atoms with Gasteiger partial charge in [0.25, 0.3) is 0 Å². The molecule has 4 aromatic rings. The summed E-state index contributed by atoms with van der Waals surface area (Å²) < 4.78 is 7.82. The number of aromatic nitrogens is 3. The van der Waals surface area contributed by atoms with E-state index in [-0.39, 0.29) is 12.0 Å². The van der Waals surface area contributed by atoms with Crippen LogP contribution in [0, 0.1) is 0 Å². The second-order valence-electron chi connectivity index (χ2n) is 9.95. The number of hydrogen-bond acceptors (Lipinski definition) is 6. The van der Waals surface area contributed by atoms with Crippen LogP contribution in [0.2, 0.25) is 5.02 Å². The molecule has 5 rings (SSSR count). The van der Waals surface area contributed by atoms with Crippen LogP contribution in [0.3, 0.4) is 0 Å². The van der Waals surface area contributed by atoms with Gasteiger partial charge in [0.05, 0.1) is 28.9 Å². The van der Waals surface area contributed by atoms with E-state index in [1.165, 1.54) is 0 Å². The first-order chi connectivity index (χ1) is 18.7. The lowest BCUT2D eigenvalue weighted by molar-refractivity contribution is -0.118. The van der Waals surface area contributed by atoms with E-state index in [9.17, 15) is 9.59 Å². The zero-order valence-corrected chi connectivity index (χ0v) is 24.5. The van der Waals surface area contributed by atoms with Crippen LogP contribution in [0.25, 0.3) is 28.0 Å². The highest BCUT2D eigenvalue weighted by Gasteiger charge is 2.28. The SMILES string of the molecule is COc1ccc(Br)c(-c2nc3c(cc2Cl)c(N2CCN(C=O)CC2C)nc(=O)n3-c2ccccc2C(C)C)c1. The molecule has 3 heterocycles. The highest BCUT2D eigenvalue weighted by molar-refractivity contribution is 9.10. The molecule has 0 radical (unpaired) electrons. The summed E-state index contributed by atoms with van der Waals surface area (Å²) in [5, 5.41) is 1.08. The van der Waals surface area contributed by atoms with Gasteiger partial charge in [-0.25, -0.2) is 14.3 Å². The van der Waals surface area contributed by atoms with Gasteiger partial charge in [-0.1, -0.05) is 59.6 Å². The number of ether oxygens (including phenoxy) is 1. The molecule has 0 N–H and O–H groups in total. The molecular weight excluding hydrogens is 582 g/mol. The molecule has 1 unspecified atom stereocenters. The smallest absolute Gasteiger partial charge is 0.355 e. The molecule has 0 spiro atoms. The van der Waals surface area contributed by atoms with Gasteiger partial charge in [0.1, 0.15) is 11.6 Å². The standard InChI is InChI=1S/C29H29BrClN5O3/c1-17(2)20-7-5-6-8-25(20)36-28-22(27(33-29(36)38)35-12-11-34(16-37)15-18(35)3)14-24(31)26(32-28)21-13-19(39-4)9-10-23(21)30/h5-10,13-14,16-18H,11-12,15H2,1-4H3. The van der Waals surface area contributed by atoms with Crippen molar-refractivity contribution in [2.75, 3.05) is 31.6 Å². The van der Waals surface area contributed by atoms with Crippen molar-refractivity contribution in [2.24, 2.45) is 0 Å². The highest BCUT2D eigenvalue weighted by atomic mass is 79.9. The van der Waals surface area contributed by atoms with Gasteiger partial charge in [0, 0.05) is 35.7 Å². The van der Waals surface area contributed by atoms with Crippen molar-refractivity contribution < 1.29 is 9.53 Å². The predicted molar refractivity (Wildman–Crippen MR) is 158 cm³/mol. The minimum Gasteiger partial charge on any atom is -0.497 e. The first kappa shape index (κ1) is 27.1. The summed E-state index contributed by atoms with van der Waals surface area (Å²) in [5.41, 5.74) is 3.01. The first-order valence-corrected chi connectivity index (χ1v) is 13.9. The number of halogens is 2. The van der Waals surface area contributed by atoms with Gasteiger partial charge < -0.3 is 14.5 Å². The summed E-state index contributed by atoms with van der Waals surface area (Å²) in [6.07, 6.45) is 0.858. The fourth-order valence-electron chi connectivity index (χ4n) is 5.12. The molecule has 1 aliphatic rings. The van der Waals surface area contributed by atoms with E-state index in [0.717, 1.165) is 27.7 Å². The van der Waals surface area contributed by atoms with Crippen LogP contribution >= 0.6 is 27.5 Å². The molecular formula is C29H29BrClN5O3. The second kappa shape index (κ2) is 11.0. The summed E-state index contributed by atoms with van der Waals surface area (Å²) in [7, 11) is 1.60. The molecule has 0 saturated carbocycles. The van der Waals surface area contributed by atoms with Gasteiger partial charge in [-0.3, -0.25) is 4.79 Å². The van der Waals surface area contributed by atoms with Crippen LogP contribution in [0.15, 0.2) is 57.8 Å². The van der Waals surface area contributed by atoms with Crippen molar-refractivity contribution in [3.05, 3.63) is 74.1 Å². The Labute approximate surface area is 240 Å². The third kappa shape index (κ3) is 5.01. The zero-order valence-electron chi connectivity index (χ0n) is 22.2. The minimum atomic E-state index is -0.430. The number of benzene rings is 2. The van der Waals surface area contributed by atoms with Crippen LogP contribution in [-0.2, 0) is 4.79 Å². The Balaban J connectivity index is 1.84. The molecule has 0 bridgehead atoms. The molecule has 1 aliphatic heterocycles. The van der Waals surface area contributed by atoms with Crippen molar-refractivity contribution in [2.45, 2.75) is 32.7 Å². The summed E-state index contributed by atoms with van der Waals surface area (Å²) in [6, 6.07) is 15.2. The van der Waals surface area contributed by atoms with Gasteiger partial charge in [0.2, 0.25) is 6.41 Å². The second-order valence-corrected chi connectivity index (χ2v) is 11.2. The third-order valence-electron chi connectivity index (χ3n) is 7.11. The van der Waals surface area contributed by atoms with E-state index in [2.05, 4.69) is 39.7 Å². The lowest BCUT2D eigenvalue weighted by Crippen LogP contribution is -2.52. The fraction of sp³-hybridized carbons (Fsp3) is 0.310. The molecule has 1 saturated heterocycles. The number of pyridine rings is 1. The Bertz CT molecular complexity index is 1620. The number of hydrogen-bond donors (Lipinski definition) is 0. The molecule has 1 amide bonds. The Morgan fingerprint density at radius 3 is 2.59 bits per heavy atom. The Hall–Kier alpha value is -3.43. The van der Waals surface area contributed by atoms with Gasteiger partial charge in [-0.2, -0.15) is 4.98 Å². The van der Waals surface area contributed by atoms with Crippen LogP contribution < -0.4 is 15.3 Å². The molecule has 2 aromatic heterocycles. The number of rotatable bonds is 6. The minimum absolute atomic E-state index is 0.0520. The molecule has 10 heteroatoms. The van der Waals surface area contributed by atoms with E-state index in [1.54, 1.807) is 16.6 Å². The van der Waals surface area contributed by atoms with Gasteiger partial charge in [0.15, 0.2) is 5.65 Å². The maximum atomic E-state index is 13.9. The van der Waals surface area contributed by atoms with E-state index in [4.69, 9.17) is 21.3 Å². The fourth-order valence-corrected chi connectivity index (χ4v) is 5.81. The quantitative estimate of drug-likeness (QED) is 0.262. The van der Waals surface area contributed by atoms with Gasteiger partial charge >= 0.3 is 5.69 Å². The number of amides is 1. The molecule has 202 valence electrons. The predicted octanol–water partition coefficient (Wildman–Crippen LogP) is 5.66. The van der Waals surface area contributed by atoms with E-state index in [1.807, 2.05) is 55.5 Å². The molecule has 1 atom stereocenters. The molecule has 8 nitrogen and oxygen atoms in total. The van der Waals surface area contributed by atoms with Crippen molar-refractivity contribution in [3.8, 4) is 22.7 Å². The number of anilines is 1. The summed E-state index contributed by atoms with van der Waals surface area (Å²) >= 11 is 10.5. The number of piperazine rings is 1. The first-order valence-electron chi connectivity index (χ1n) is 12.8. The van der Waals surface area contributed by atoms with Crippen LogP contribution in [0.4, 0.5) is 5.82 Å². The number of carbonyl (C=O) groups is 1. The zero-order chi connectivity index (χ0) is 27.8. The number of nitrogens with zero attached hydrogens (tertiary/aromatic N) is 5. The van der Waals surface area contributed by atoms with Crippen LogP contribution in [-0.4, -0.2) is 58.6 Å². The van der Waals surface area contributed by atoms with Crippen molar-refractivity contribution in [1.82, 2.24) is 19.4 Å². The monoisotopic (exact) mass is 609 g/mol. The average Bonchev–Trinajstić information content (AvgIpc) is 2.93. The van der Waals surface area contributed by atoms with E-state index >= 15 is 0 Å². The molecule has 1 fully saturated rings. The van der Waals surface area contributed by atoms with Crippen molar-refractivity contribution >= 4 is 50.8 Å². The molecule has 0 aliphatic carbocycles. The summed E-state index contributed by atoms with van der Waals surface area (Å²) in [5.74, 6) is 1.33. The Kier molecular flexibility index (Phi) is 7.64. The normalized spacial score (nSPS) is 15.7. The molecule has 39 heavy (non-hydrogen) atoms. The number of methoxy groups -OCH3 is 1. The summed E-state index contributed by atoms with van der Waals surface area (Å²) in [6.45, 7) is 7.79. The van der Waals surface area contributed by atoms with Gasteiger partial charge in [-0.15, -0.1) is 0 Å². The maximum absolute atomic E-state index is 13.9. The lowest BCUT2D eigenvalue weighted by atomic mass is 10.0. The van der Waals surface area contributed by atoms with E-state index < -0.39 is 5.69 Å². The molecule has 2 aromatic carbocycles. The highest BCUT2D eigenvalue weighted by Crippen LogP contribution is 2.38. The Morgan fingerprint density at radius 2 is 1.90 bits per heavy atom.